The fourth-order valence-corrected chi connectivity index (χ4v) is 2.20. The number of carbonyl (C=O) groups is 1. The fourth-order valence-electron chi connectivity index (χ4n) is 2.20. The average molecular weight is 198 g/mol. The van der Waals surface area contributed by atoms with E-state index in [1.54, 1.807) is 0 Å². The average Bonchev–Trinajstić information content (AvgIpc) is 2.72. The number of hydrogen-bond donors (Lipinski definition) is 0. The highest BCUT2D eigenvalue weighted by Crippen LogP contribution is 2.25. The predicted octanol–water partition coefficient (Wildman–Crippen LogP) is 1.90. The van der Waals surface area contributed by atoms with Crippen molar-refractivity contribution < 1.29 is 14.3 Å². The third-order valence-electron chi connectivity index (χ3n) is 3.11. The second kappa shape index (κ2) is 4.78. The zero-order chi connectivity index (χ0) is 9.80. The van der Waals surface area contributed by atoms with Crippen molar-refractivity contribution in [1.82, 2.24) is 0 Å². The zero-order valence-electron chi connectivity index (χ0n) is 8.54. The Balaban J connectivity index is 1.75. The van der Waals surface area contributed by atoms with Gasteiger partial charge in [0.15, 0.2) is 0 Å². The first-order chi connectivity index (χ1) is 6.86. The van der Waals surface area contributed by atoms with Crippen molar-refractivity contribution in [3.05, 3.63) is 0 Å². The third-order valence-corrected chi connectivity index (χ3v) is 3.11. The molecule has 3 nitrogen and oxygen atoms in total. The van der Waals surface area contributed by atoms with Gasteiger partial charge >= 0.3 is 5.97 Å². The van der Waals surface area contributed by atoms with Gasteiger partial charge in [-0.05, 0) is 12.8 Å². The van der Waals surface area contributed by atoms with Crippen molar-refractivity contribution in [2.45, 2.75) is 44.6 Å². The van der Waals surface area contributed by atoms with Crippen LogP contribution in [0.5, 0.6) is 0 Å². The van der Waals surface area contributed by atoms with Crippen LogP contribution in [0.4, 0.5) is 0 Å². The molecule has 0 aromatic heterocycles. The van der Waals surface area contributed by atoms with Gasteiger partial charge in [-0.25, -0.2) is 0 Å². The van der Waals surface area contributed by atoms with Crippen LogP contribution in [-0.2, 0) is 14.3 Å². The Hall–Kier alpha value is -0.570. The Morgan fingerprint density at radius 1 is 1.14 bits per heavy atom. The van der Waals surface area contributed by atoms with Gasteiger partial charge in [-0.15, -0.1) is 0 Å². The van der Waals surface area contributed by atoms with Crippen molar-refractivity contribution in [2.75, 3.05) is 13.2 Å². The molecule has 0 amide bonds. The summed E-state index contributed by atoms with van der Waals surface area (Å²) in [6, 6.07) is 0. The van der Waals surface area contributed by atoms with E-state index in [0.717, 1.165) is 25.9 Å². The topological polar surface area (TPSA) is 35.5 Å². The van der Waals surface area contributed by atoms with Gasteiger partial charge in [-0.3, -0.25) is 4.79 Å². The summed E-state index contributed by atoms with van der Waals surface area (Å²) in [6.07, 6.45) is 6.58. The first-order valence-electron chi connectivity index (χ1n) is 5.64. The van der Waals surface area contributed by atoms with E-state index in [-0.39, 0.29) is 18.0 Å². The molecule has 0 radical (unpaired) electrons. The maximum atomic E-state index is 11.7. The van der Waals surface area contributed by atoms with Crippen LogP contribution >= 0.6 is 0 Å². The number of carbonyl (C=O) groups excluding carboxylic acids is 1. The van der Waals surface area contributed by atoms with Crippen LogP contribution in [0.15, 0.2) is 0 Å². The zero-order valence-corrected chi connectivity index (χ0v) is 8.54. The summed E-state index contributed by atoms with van der Waals surface area (Å²) in [4.78, 5) is 11.7. The molecule has 1 atom stereocenters. The molecule has 1 saturated carbocycles. The van der Waals surface area contributed by atoms with Gasteiger partial charge in [-0.1, -0.05) is 19.3 Å². The molecule has 0 bridgehead atoms. The van der Waals surface area contributed by atoms with E-state index in [1.165, 1.54) is 19.3 Å². The minimum absolute atomic E-state index is 0.0141. The molecule has 1 unspecified atom stereocenters. The summed E-state index contributed by atoms with van der Waals surface area (Å²) in [6.45, 7) is 1.33. The van der Waals surface area contributed by atoms with Crippen LogP contribution in [0.1, 0.15) is 38.5 Å². The molecule has 0 aromatic carbocycles. The summed E-state index contributed by atoms with van der Waals surface area (Å²) in [5.41, 5.74) is 0. The normalized spacial score (nSPS) is 29.0. The summed E-state index contributed by atoms with van der Waals surface area (Å²) >= 11 is 0. The Labute approximate surface area is 84.8 Å². The van der Waals surface area contributed by atoms with Gasteiger partial charge in [0.25, 0.3) is 0 Å². The summed E-state index contributed by atoms with van der Waals surface area (Å²) in [5, 5.41) is 0. The van der Waals surface area contributed by atoms with Gasteiger partial charge in [0, 0.05) is 6.42 Å². The third kappa shape index (κ3) is 2.47. The van der Waals surface area contributed by atoms with Gasteiger partial charge in [-0.2, -0.15) is 0 Å². The lowest BCUT2D eigenvalue weighted by atomic mass is 9.89. The maximum absolute atomic E-state index is 11.7. The van der Waals surface area contributed by atoms with E-state index >= 15 is 0 Å². The molecule has 0 aromatic rings. The standard InChI is InChI=1S/C11H18O3/c12-11(9-4-2-1-3-5-9)14-10-6-7-13-8-10/h9-10H,1-8H2. The van der Waals surface area contributed by atoms with E-state index in [0.29, 0.717) is 6.61 Å². The van der Waals surface area contributed by atoms with Crippen LogP contribution in [0.25, 0.3) is 0 Å². The molecule has 1 aliphatic heterocycles. The van der Waals surface area contributed by atoms with Crippen LogP contribution in [0.3, 0.4) is 0 Å². The van der Waals surface area contributed by atoms with E-state index < -0.39 is 0 Å². The second-order valence-electron chi connectivity index (χ2n) is 4.26. The monoisotopic (exact) mass is 198 g/mol. The Morgan fingerprint density at radius 2 is 1.93 bits per heavy atom. The van der Waals surface area contributed by atoms with Crippen molar-refractivity contribution >= 4 is 5.97 Å². The number of rotatable bonds is 2. The van der Waals surface area contributed by atoms with E-state index in [4.69, 9.17) is 9.47 Å². The molecule has 1 aliphatic carbocycles. The lowest BCUT2D eigenvalue weighted by Crippen LogP contribution is -2.25. The SMILES string of the molecule is O=C(OC1CCOC1)C1CCCCC1. The van der Waals surface area contributed by atoms with Crippen LogP contribution < -0.4 is 0 Å². The van der Waals surface area contributed by atoms with Gasteiger partial charge < -0.3 is 9.47 Å². The van der Waals surface area contributed by atoms with Crippen molar-refractivity contribution in [3.8, 4) is 0 Å². The molecule has 14 heavy (non-hydrogen) atoms. The number of ether oxygens (including phenoxy) is 2. The molecule has 3 heteroatoms. The minimum Gasteiger partial charge on any atom is -0.460 e. The quantitative estimate of drug-likeness (QED) is 0.636. The largest absolute Gasteiger partial charge is 0.460 e. The van der Waals surface area contributed by atoms with Crippen molar-refractivity contribution in [2.24, 2.45) is 5.92 Å². The molecular formula is C11H18O3. The van der Waals surface area contributed by atoms with Crippen molar-refractivity contribution in [1.29, 1.82) is 0 Å². The molecule has 2 rings (SSSR count). The van der Waals surface area contributed by atoms with Gasteiger partial charge in [0.05, 0.1) is 19.1 Å². The molecule has 0 N–H and O–H groups in total. The van der Waals surface area contributed by atoms with Gasteiger partial charge in [0.1, 0.15) is 6.10 Å². The fraction of sp³-hybridized carbons (Fsp3) is 0.909. The van der Waals surface area contributed by atoms with Crippen molar-refractivity contribution in [3.63, 3.8) is 0 Å². The van der Waals surface area contributed by atoms with E-state index in [1.807, 2.05) is 0 Å². The maximum Gasteiger partial charge on any atom is 0.309 e. The van der Waals surface area contributed by atoms with Crippen LogP contribution in [0, 0.1) is 5.92 Å². The number of hydrogen-bond acceptors (Lipinski definition) is 3. The molecule has 80 valence electrons. The molecule has 1 saturated heterocycles. The molecular weight excluding hydrogens is 180 g/mol. The Morgan fingerprint density at radius 3 is 2.57 bits per heavy atom. The van der Waals surface area contributed by atoms with Crippen LogP contribution in [-0.4, -0.2) is 25.3 Å². The Kier molecular flexibility index (Phi) is 3.40. The highest BCUT2D eigenvalue weighted by molar-refractivity contribution is 5.72. The lowest BCUT2D eigenvalue weighted by Gasteiger charge is -2.21. The van der Waals surface area contributed by atoms with E-state index in [2.05, 4.69) is 0 Å². The first kappa shape index (κ1) is 9.97. The Bertz CT molecular complexity index is 191. The highest BCUT2D eigenvalue weighted by Gasteiger charge is 2.26. The first-order valence-corrected chi connectivity index (χ1v) is 5.64. The lowest BCUT2D eigenvalue weighted by molar-refractivity contribution is -0.155. The summed E-state index contributed by atoms with van der Waals surface area (Å²) < 4.78 is 10.6. The van der Waals surface area contributed by atoms with E-state index in [9.17, 15) is 4.79 Å². The molecule has 2 aliphatic rings. The van der Waals surface area contributed by atoms with Gasteiger partial charge in [0.2, 0.25) is 0 Å². The summed E-state index contributed by atoms with van der Waals surface area (Å²) in [5.74, 6) is 0.185. The molecule has 2 fully saturated rings. The molecule has 0 spiro atoms. The summed E-state index contributed by atoms with van der Waals surface area (Å²) in [7, 11) is 0. The predicted molar refractivity (Wildman–Crippen MR) is 51.9 cm³/mol. The minimum atomic E-state index is 0.0141. The molecule has 1 heterocycles. The number of esters is 1. The van der Waals surface area contributed by atoms with Crippen LogP contribution in [0.2, 0.25) is 0 Å². The highest BCUT2D eigenvalue weighted by atomic mass is 16.6. The smallest absolute Gasteiger partial charge is 0.309 e. The second-order valence-corrected chi connectivity index (χ2v) is 4.26.